The van der Waals surface area contributed by atoms with E-state index in [1.54, 1.807) is 12.1 Å². The number of rotatable bonds is 5. The van der Waals surface area contributed by atoms with Crippen LogP contribution in [0.3, 0.4) is 0 Å². The number of hydrogen-bond donors (Lipinski definition) is 2. The van der Waals surface area contributed by atoms with Gasteiger partial charge in [0.1, 0.15) is 17.7 Å². The van der Waals surface area contributed by atoms with Crippen LogP contribution in [0.25, 0.3) is 0 Å². The summed E-state index contributed by atoms with van der Waals surface area (Å²) in [5.41, 5.74) is -0.525. The number of aromatic amines is 2. The molecule has 3 rings (SSSR count). The van der Waals surface area contributed by atoms with Crippen molar-refractivity contribution in [2.75, 3.05) is 13.1 Å². The Balaban J connectivity index is 1.56. The first kappa shape index (κ1) is 16.9. The number of nitrogens with one attached hydrogen (secondary N) is 2. The number of nitrogens with zero attached hydrogens (tertiary/aromatic N) is 3. The number of hydrogen-bond acceptors (Lipinski definition) is 6. The summed E-state index contributed by atoms with van der Waals surface area (Å²) in [6.45, 7) is 0.685. The van der Waals surface area contributed by atoms with Gasteiger partial charge >= 0.3 is 5.69 Å². The lowest BCUT2D eigenvalue weighted by Gasteiger charge is -2.30. The molecule has 2 N–H and O–H groups in total. The van der Waals surface area contributed by atoms with E-state index in [9.17, 15) is 13.2 Å². The molecule has 0 atom stereocenters. The molecule has 130 valence electrons. The number of aromatic nitrogens is 4. The number of piperidine rings is 1. The van der Waals surface area contributed by atoms with Crippen LogP contribution in [0, 0.1) is 0 Å². The minimum atomic E-state index is -3.53. The maximum absolute atomic E-state index is 12.3. The molecule has 2 aromatic heterocycles. The van der Waals surface area contributed by atoms with Gasteiger partial charge in [-0.1, -0.05) is 11.6 Å². The molecule has 9 nitrogen and oxygen atoms in total. The van der Waals surface area contributed by atoms with E-state index in [-0.39, 0.29) is 17.7 Å². The highest BCUT2D eigenvalue weighted by Gasteiger charge is 2.30. The van der Waals surface area contributed by atoms with Crippen LogP contribution in [-0.4, -0.2) is 52.1 Å². The summed E-state index contributed by atoms with van der Waals surface area (Å²) in [6, 6.07) is 3.37. The zero-order chi connectivity index (χ0) is 17.2. The lowest BCUT2D eigenvalue weighted by Crippen LogP contribution is -2.42. The largest absolute Gasteiger partial charge is 0.474 e. The van der Waals surface area contributed by atoms with Crippen molar-refractivity contribution in [1.29, 1.82) is 0 Å². The van der Waals surface area contributed by atoms with Gasteiger partial charge < -0.3 is 4.74 Å². The summed E-state index contributed by atoms with van der Waals surface area (Å²) in [7, 11) is -3.53. The topological polar surface area (TPSA) is 121 Å². The standard InChI is InChI=1S/C13H16ClN5O4S/c14-9-1-2-12(15-7-9)23-10-3-5-19(6-4-10)24(21,22)8-11-16-13(20)18-17-11/h1-2,7,10H,3-6,8H2,(H2,16,17,18,20). The molecule has 1 saturated heterocycles. The summed E-state index contributed by atoms with van der Waals surface area (Å²) in [6.07, 6.45) is 2.51. The van der Waals surface area contributed by atoms with E-state index in [4.69, 9.17) is 16.3 Å². The zero-order valence-corrected chi connectivity index (χ0v) is 14.2. The molecule has 24 heavy (non-hydrogen) atoms. The van der Waals surface area contributed by atoms with Gasteiger partial charge in [0.05, 0.1) is 5.02 Å². The predicted octanol–water partition coefficient (Wildman–Crippen LogP) is 0.520. The van der Waals surface area contributed by atoms with Gasteiger partial charge in [-0.3, -0.25) is 4.98 Å². The Morgan fingerprint density at radius 2 is 2.08 bits per heavy atom. The molecule has 1 fully saturated rings. The van der Waals surface area contributed by atoms with Crippen LogP contribution in [0.2, 0.25) is 5.02 Å². The molecular weight excluding hydrogens is 358 g/mol. The second-order valence-corrected chi connectivity index (χ2v) is 7.82. The number of sulfonamides is 1. The van der Waals surface area contributed by atoms with Crippen LogP contribution in [-0.2, 0) is 15.8 Å². The molecule has 3 heterocycles. The Bertz CT molecular complexity index is 840. The number of pyridine rings is 1. The van der Waals surface area contributed by atoms with Gasteiger partial charge in [0.25, 0.3) is 0 Å². The highest BCUT2D eigenvalue weighted by atomic mass is 35.5. The number of halogens is 1. The SMILES string of the molecule is O=c1[nH]nc(CS(=O)(=O)N2CCC(Oc3ccc(Cl)cn3)CC2)[nH]1. The van der Waals surface area contributed by atoms with E-state index < -0.39 is 15.7 Å². The van der Waals surface area contributed by atoms with Crippen LogP contribution in [0.5, 0.6) is 5.88 Å². The van der Waals surface area contributed by atoms with Crippen molar-refractivity contribution < 1.29 is 13.2 Å². The lowest BCUT2D eigenvalue weighted by molar-refractivity contribution is 0.130. The van der Waals surface area contributed by atoms with Crippen LogP contribution >= 0.6 is 11.6 Å². The number of H-pyrrole nitrogens is 2. The smallest absolute Gasteiger partial charge is 0.340 e. The molecule has 1 aliphatic rings. The predicted molar refractivity (Wildman–Crippen MR) is 86.3 cm³/mol. The van der Waals surface area contributed by atoms with Crippen LogP contribution in [0.15, 0.2) is 23.1 Å². The molecule has 2 aromatic rings. The minimum Gasteiger partial charge on any atom is -0.474 e. The van der Waals surface area contributed by atoms with Crippen molar-refractivity contribution in [3.8, 4) is 5.88 Å². The fourth-order valence-electron chi connectivity index (χ4n) is 2.47. The third-order valence-electron chi connectivity index (χ3n) is 3.65. The zero-order valence-electron chi connectivity index (χ0n) is 12.6. The molecule has 0 bridgehead atoms. The first-order chi connectivity index (χ1) is 11.4. The van der Waals surface area contributed by atoms with Crippen LogP contribution in [0.1, 0.15) is 18.7 Å². The molecule has 0 radical (unpaired) electrons. The van der Waals surface area contributed by atoms with E-state index in [1.807, 2.05) is 0 Å². The third kappa shape index (κ3) is 4.13. The molecular formula is C13H16ClN5O4S. The number of ether oxygens (including phenoxy) is 1. The average molecular weight is 374 g/mol. The molecule has 0 unspecified atom stereocenters. The molecule has 0 amide bonds. The normalized spacial score (nSPS) is 17.0. The van der Waals surface area contributed by atoms with Crippen LogP contribution in [0.4, 0.5) is 0 Å². The maximum Gasteiger partial charge on any atom is 0.340 e. The van der Waals surface area contributed by atoms with E-state index in [0.29, 0.717) is 36.8 Å². The first-order valence-corrected chi connectivity index (χ1v) is 9.31. The van der Waals surface area contributed by atoms with Gasteiger partial charge in [0.2, 0.25) is 15.9 Å². The van der Waals surface area contributed by atoms with Gasteiger partial charge in [-0.25, -0.2) is 27.6 Å². The van der Waals surface area contributed by atoms with Crippen molar-refractivity contribution >= 4 is 21.6 Å². The van der Waals surface area contributed by atoms with Gasteiger partial charge in [-0.2, -0.15) is 5.10 Å². The van der Waals surface area contributed by atoms with Crippen LogP contribution < -0.4 is 10.4 Å². The molecule has 0 aromatic carbocycles. The molecule has 1 aliphatic heterocycles. The van der Waals surface area contributed by atoms with Gasteiger partial charge in [0.15, 0.2) is 0 Å². The Labute approximate surface area is 143 Å². The van der Waals surface area contributed by atoms with Gasteiger partial charge in [0, 0.05) is 25.4 Å². The van der Waals surface area contributed by atoms with Crippen molar-refractivity contribution in [3.63, 3.8) is 0 Å². The summed E-state index contributed by atoms with van der Waals surface area (Å²) < 4.78 is 31.8. The lowest BCUT2D eigenvalue weighted by atomic mass is 10.1. The van der Waals surface area contributed by atoms with E-state index >= 15 is 0 Å². The summed E-state index contributed by atoms with van der Waals surface area (Å²) >= 11 is 5.77. The minimum absolute atomic E-state index is 0.101. The maximum atomic E-state index is 12.3. The van der Waals surface area contributed by atoms with Crippen molar-refractivity contribution in [2.45, 2.75) is 24.7 Å². The highest BCUT2D eigenvalue weighted by Crippen LogP contribution is 2.21. The monoisotopic (exact) mass is 373 g/mol. The van der Waals surface area contributed by atoms with E-state index in [0.717, 1.165) is 0 Å². The van der Waals surface area contributed by atoms with Crippen molar-refractivity contribution in [2.24, 2.45) is 0 Å². The van der Waals surface area contributed by atoms with Gasteiger partial charge in [-0.15, -0.1) is 0 Å². The third-order valence-corrected chi connectivity index (χ3v) is 5.67. The Morgan fingerprint density at radius 1 is 1.33 bits per heavy atom. The highest BCUT2D eigenvalue weighted by molar-refractivity contribution is 7.88. The molecule has 11 heteroatoms. The molecule has 0 aliphatic carbocycles. The fraction of sp³-hybridized carbons (Fsp3) is 0.462. The average Bonchev–Trinajstić information content (AvgIpc) is 2.94. The fourth-order valence-corrected chi connectivity index (χ4v) is 4.01. The second-order valence-electron chi connectivity index (χ2n) is 5.41. The van der Waals surface area contributed by atoms with Gasteiger partial charge in [-0.05, 0) is 18.9 Å². The summed E-state index contributed by atoms with van der Waals surface area (Å²) in [5, 5.41) is 6.31. The van der Waals surface area contributed by atoms with Crippen molar-refractivity contribution in [3.05, 3.63) is 39.7 Å². The Morgan fingerprint density at radius 3 is 2.67 bits per heavy atom. The van der Waals surface area contributed by atoms with Crippen molar-refractivity contribution in [1.82, 2.24) is 24.5 Å². The van der Waals surface area contributed by atoms with E-state index in [1.165, 1.54) is 10.5 Å². The molecule has 0 saturated carbocycles. The Hall–Kier alpha value is -1.91. The van der Waals surface area contributed by atoms with E-state index in [2.05, 4.69) is 20.2 Å². The Kier molecular flexibility index (Phi) is 4.88. The second kappa shape index (κ2) is 6.91. The molecule has 0 spiro atoms. The quantitative estimate of drug-likeness (QED) is 0.788. The first-order valence-electron chi connectivity index (χ1n) is 7.32. The summed E-state index contributed by atoms with van der Waals surface area (Å²) in [4.78, 5) is 17.4. The summed E-state index contributed by atoms with van der Waals surface area (Å²) in [5.74, 6) is 0.231.